The first kappa shape index (κ1) is 13.8. The summed E-state index contributed by atoms with van der Waals surface area (Å²) in [5.41, 5.74) is 0.744. The summed E-state index contributed by atoms with van der Waals surface area (Å²) in [5, 5.41) is 3.82. The van der Waals surface area contributed by atoms with Gasteiger partial charge in [-0.3, -0.25) is 0 Å². The van der Waals surface area contributed by atoms with Crippen LogP contribution in [-0.2, 0) is 11.3 Å². The third kappa shape index (κ3) is 2.53. The second-order valence-corrected chi connectivity index (χ2v) is 5.89. The summed E-state index contributed by atoms with van der Waals surface area (Å²) < 4.78 is 19.0. The lowest BCUT2D eigenvalue weighted by molar-refractivity contribution is -0.0979. The van der Waals surface area contributed by atoms with E-state index in [-0.39, 0.29) is 17.3 Å². The lowest BCUT2D eigenvalue weighted by Crippen LogP contribution is -2.60. The Morgan fingerprint density at radius 3 is 2.78 bits per heavy atom. The van der Waals surface area contributed by atoms with Crippen molar-refractivity contribution in [2.75, 3.05) is 7.11 Å². The first-order valence-corrected chi connectivity index (χ1v) is 6.53. The highest BCUT2D eigenvalue weighted by Gasteiger charge is 2.48. The number of rotatable bonds is 4. The van der Waals surface area contributed by atoms with Gasteiger partial charge >= 0.3 is 0 Å². The van der Waals surface area contributed by atoms with E-state index < -0.39 is 0 Å². The number of ether oxygens (including phenoxy) is 1. The number of hydrogen-bond donors (Lipinski definition) is 1. The molecular formula is C14H19ClFNO. The summed E-state index contributed by atoms with van der Waals surface area (Å²) in [4.78, 5) is 0. The molecule has 0 radical (unpaired) electrons. The molecule has 1 aromatic rings. The highest BCUT2D eigenvalue weighted by Crippen LogP contribution is 2.42. The topological polar surface area (TPSA) is 21.3 Å². The molecule has 1 saturated carbocycles. The predicted molar refractivity (Wildman–Crippen MR) is 71.2 cm³/mol. The van der Waals surface area contributed by atoms with Crippen LogP contribution in [-0.4, -0.2) is 19.3 Å². The van der Waals surface area contributed by atoms with Gasteiger partial charge in [-0.2, -0.15) is 0 Å². The summed E-state index contributed by atoms with van der Waals surface area (Å²) in [7, 11) is 1.74. The molecule has 0 spiro atoms. The average Bonchev–Trinajstić information content (AvgIpc) is 2.30. The Hall–Kier alpha value is -0.640. The Kier molecular flexibility index (Phi) is 3.95. The lowest BCUT2D eigenvalue weighted by Gasteiger charge is -2.51. The lowest BCUT2D eigenvalue weighted by atomic mass is 9.64. The minimum absolute atomic E-state index is 0.0949. The number of halogens is 2. The predicted octanol–water partition coefficient (Wildman–Crippen LogP) is 3.38. The van der Waals surface area contributed by atoms with Gasteiger partial charge in [0, 0.05) is 35.7 Å². The molecule has 2 unspecified atom stereocenters. The van der Waals surface area contributed by atoms with Gasteiger partial charge in [0.25, 0.3) is 0 Å². The average molecular weight is 272 g/mol. The Morgan fingerprint density at radius 2 is 2.22 bits per heavy atom. The third-order valence-corrected chi connectivity index (χ3v) is 4.25. The van der Waals surface area contributed by atoms with Crippen LogP contribution in [0.15, 0.2) is 18.2 Å². The maximum absolute atomic E-state index is 13.6. The first-order valence-electron chi connectivity index (χ1n) is 6.15. The standard InChI is InChI=1S/C14H19ClFNO/c1-14(2)12(7-13(14)18-3)17-8-9-4-5-10(15)6-11(9)16/h4-6,12-13,17H,7-8H2,1-3H3. The Balaban J connectivity index is 1.93. The van der Waals surface area contributed by atoms with Crippen LogP contribution >= 0.6 is 11.6 Å². The van der Waals surface area contributed by atoms with Gasteiger partial charge in [-0.1, -0.05) is 31.5 Å². The number of benzene rings is 1. The maximum atomic E-state index is 13.6. The molecule has 18 heavy (non-hydrogen) atoms. The van der Waals surface area contributed by atoms with E-state index >= 15 is 0 Å². The van der Waals surface area contributed by atoms with Crippen molar-refractivity contribution >= 4 is 11.6 Å². The molecular weight excluding hydrogens is 253 g/mol. The van der Waals surface area contributed by atoms with Crippen molar-refractivity contribution in [3.05, 3.63) is 34.6 Å². The van der Waals surface area contributed by atoms with Crippen LogP contribution in [0.1, 0.15) is 25.8 Å². The smallest absolute Gasteiger partial charge is 0.129 e. The monoisotopic (exact) mass is 271 g/mol. The molecule has 0 saturated heterocycles. The normalized spacial score (nSPS) is 25.8. The van der Waals surface area contributed by atoms with Crippen LogP contribution in [0.4, 0.5) is 4.39 Å². The SMILES string of the molecule is COC1CC(NCc2ccc(Cl)cc2F)C1(C)C. The second kappa shape index (κ2) is 5.16. The second-order valence-electron chi connectivity index (χ2n) is 5.45. The van der Waals surface area contributed by atoms with Crippen molar-refractivity contribution < 1.29 is 9.13 Å². The molecule has 1 fully saturated rings. The third-order valence-electron chi connectivity index (χ3n) is 4.02. The van der Waals surface area contributed by atoms with Crippen LogP contribution in [0.5, 0.6) is 0 Å². The number of methoxy groups -OCH3 is 1. The molecule has 1 aromatic carbocycles. The fourth-order valence-corrected chi connectivity index (χ4v) is 2.69. The Morgan fingerprint density at radius 1 is 1.50 bits per heavy atom. The molecule has 0 aliphatic heterocycles. The molecule has 1 aliphatic carbocycles. The largest absolute Gasteiger partial charge is 0.381 e. The molecule has 0 heterocycles. The molecule has 0 amide bonds. The minimum Gasteiger partial charge on any atom is -0.381 e. The number of hydrogen-bond acceptors (Lipinski definition) is 2. The van der Waals surface area contributed by atoms with E-state index in [2.05, 4.69) is 19.2 Å². The van der Waals surface area contributed by atoms with E-state index in [1.807, 2.05) is 0 Å². The van der Waals surface area contributed by atoms with Crippen molar-refractivity contribution in [2.24, 2.45) is 5.41 Å². The summed E-state index contributed by atoms with van der Waals surface area (Å²) in [5.74, 6) is -0.254. The molecule has 4 heteroatoms. The van der Waals surface area contributed by atoms with Gasteiger partial charge in [-0.25, -0.2) is 4.39 Å². The zero-order valence-corrected chi connectivity index (χ0v) is 11.7. The van der Waals surface area contributed by atoms with E-state index in [0.717, 1.165) is 6.42 Å². The first-order chi connectivity index (χ1) is 8.45. The molecule has 2 nitrogen and oxygen atoms in total. The van der Waals surface area contributed by atoms with Gasteiger partial charge in [0.2, 0.25) is 0 Å². The maximum Gasteiger partial charge on any atom is 0.129 e. The van der Waals surface area contributed by atoms with Gasteiger partial charge in [0.15, 0.2) is 0 Å². The van der Waals surface area contributed by atoms with Crippen LogP contribution in [0.3, 0.4) is 0 Å². The van der Waals surface area contributed by atoms with Gasteiger partial charge in [-0.15, -0.1) is 0 Å². The molecule has 2 rings (SSSR count). The van der Waals surface area contributed by atoms with Crippen LogP contribution in [0, 0.1) is 11.2 Å². The zero-order chi connectivity index (χ0) is 13.3. The van der Waals surface area contributed by atoms with Crippen molar-refractivity contribution in [1.29, 1.82) is 0 Å². The van der Waals surface area contributed by atoms with E-state index in [9.17, 15) is 4.39 Å². The van der Waals surface area contributed by atoms with E-state index in [0.29, 0.717) is 23.2 Å². The van der Waals surface area contributed by atoms with Crippen LogP contribution < -0.4 is 5.32 Å². The van der Waals surface area contributed by atoms with Gasteiger partial charge < -0.3 is 10.1 Å². The van der Waals surface area contributed by atoms with Crippen LogP contribution in [0.2, 0.25) is 5.02 Å². The van der Waals surface area contributed by atoms with Gasteiger partial charge in [-0.05, 0) is 18.6 Å². The summed E-state index contributed by atoms with van der Waals surface area (Å²) in [6.07, 6.45) is 1.25. The van der Waals surface area contributed by atoms with Gasteiger partial charge in [0.1, 0.15) is 5.82 Å². The Labute approximate surface area is 112 Å². The van der Waals surface area contributed by atoms with E-state index in [1.54, 1.807) is 19.2 Å². The minimum atomic E-state index is -0.254. The van der Waals surface area contributed by atoms with Crippen molar-refractivity contribution in [2.45, 2.75) is 39.0 Å². The fourth-order valence-electron chi connectivity index (χ4n) is 2.53. The van der Waals surface area contributed by atoms with Crippen LogP contribution in [0.25, 0.3) is 0 Å². The van der Waals surface area contributed by atoms with E-state index in [1.165, 1.54) is 6.07 Å². The Bertz CT molecular complexity index is 436. The molecule has 100 valence electrons. The summed E-state index contributed by atoms with van der Waals surface area (Å²) in [6.45, 7) is 4.86. The highest BCUT2D eigenvalue weighted by atomic mass is 35.5. The fraction of sp³-hybridized carbons (Fsp3) is 0.571. The van der Waals surface area contributed by atoms with Crippen molar-refractivity contribution in [3.63, 3.8) is 0 Å². The van der Waals surface area contributed by atoms with Crippen molar-refractivity contribution in [3.8, 4) is 0 Å². The molecule has 2 atom stereocenters. The highest BCUT2D eigenvalue weighted by molar-refractivity contribution is 6.30. The molecule has 1 aliphatic rings. The van der Waals surface area contributed by atoms with E-state index in [4.69, 9.17) is 16.3 Å². The molecule has 0 bridgehead atoms. The molecule has 1 N–H and O–H groups in total. The summed E-state index contributed by atoms with van der Waals surface area (Å²) in [6, 6.07) is 5.15. The van der Waals surface area contributed by atoms with Gasteiger partial charge in [0.05, 0.1) is 6.10 Å². The molecule has 0 aromatic heterocycles. The quantitative estimate of drug-likeness (QED) is 0.906. The zero-order valence-electron chi connectivity index (χ0n) is 11.0. The summed E-state index contributed by atoms with van der Waals surface area (Å²) >= 11 is 5.72. The number of nitrogens with one attached hydrogen (secondary N) is 1. The van der Waals surface area contributed by atoms with Crippen molar-refractivity contribution in [1.82, 2.24) is 5.32 Å².